The zero-order chi connectivity index (χ0) is 23.4. The molecule has 0 unspecified atom stereocenters. The third-order valence-electron chi connectivity index (χ3n) is 5.69. The van der Waals surface area contributed by atoms with E-state index in [2.05, 4.69) is 20.3 Å². The second kappa shape index (κ2) is 7.72. The van der Waals surface area contributed by atoms with E-state index in [1.165, 1.54) is 35.3 Å². The van der Waals surface area contributed by atoms with Gasteiger partial charge in [-0.3, -0.25) is 4.79 Å². The van der Waals surface area contributed by atoms with Gasteiger partial charge in [-0.25, -0.2) is 18.1 Å². The number of sulfone groups is 1. The predicted molar refractivity (Wildman–Crippen MR) is 121 cm³/mol. The van der Waals surface area contributed by atoms with Gasteiger partial charge in [0.15, 0.2) is 21.4 Å². The van der Waals surface area contributed by atoms with Gasteiger partial charge < -0.3 is 20.1 Å². The number of hydrogen-bond acceptors (Lipinski definition) is 8. The Morgan fingerprint density at radius 1 is 1.21 bits per heavy atom. The molecule has 0 aliphatic carbocycles. The smallest absolute Gasteiger partial charge is 0.258 e. The third kappa shape index (κ3) is 4.14. The van der Waals surface area contributed by atoms with E-state index in [0.717, 1.165) is 38.2 Å². The van der Waals surface area contributed by atoms with Crippen molar-refractivity contribution < 1.29 is 23.1 Å². The molecule has 4 heterocycles. The Hall–Kier alpha value is -3.15. The molecule has 5 rings (SSSR count). The minimum atomic E-state index is -3.50. The van der Waals surface area contributed by atoms with Gasteiger partial charge in [0.2, 0.25) is 0 Å². The molecular formula is C21H20ClN5O5S. The summed E-state index contributed by atoms with van der Waals surface area (Å²) < 4.78 is 30.2. The molecule has 0 atom stereocenters. The predicted octanol–water partition coefficient (Wildman–Crippen LogP) is 2.12. The number of hydrogen-bond donors (Lipinski definition) is 2. The maximum absolute atomic E-state index is 12.6. The van der Waals surface area contributed by atoms with Gasteiger partial charge in [0.1, 0.15) is 0 Å². The minimum absolute atomic E-state index is 0.00633. The summed E-state index contributed by atoms with van der Waals surface area (Å²) in [5.74, 6) is -0.407. The number of halogens is 1. The fraction of sp³-hybridized carbons (Fsp3) is 0.286. The molecule has 0 radical (unpaired) electrons. The number of pyridine rings is 1. The molecule has 2 saturated heterocycles. The lowest BCUT2D eigenvalue weighted by molar-refractivity contribution is -0.127. The quantitative estimate of drug-likeness (QED) is 0.558. The van der Waals surface area contributed by atoms with E-state index in [1.54, 1.807) is 12.3 Å². The molecule has 0 saturated carbocycles. The van der Waals surface area contributed by atoms with Gasteiger partial charge in [0.05, 0.1) is 47.2 Å². The number of carbonyl (C=O) groups is 1. The Morgan fingerprint density at radius 2 is 1.97 bits per heavy atom. The molecule has 172 valence electrons. The Balaban J connectivity index is 1.31. The van der Waals surface area contributed by atoms with E-state index < -0.39 is 15.7 Å². The minimum Gasteiger partial charge on any atom is -0.504 e. The van der Waals surface area contributed by atoms with Crippen LogP contribution in [0.3, 0.4) is 0 Å². The Bertz CT molecular complexity index is 1360. The molecule has 33 heavy (non-hydrogen) atoms. The Morgan fingerprint density at radius 3 is 2.61 bits per heavy atom. The van der Waals surface area contributed by atoms with E-state index in [-0.39, 0.29) is 38.2 Å². The summed E-state index contributed by atoms with van der Waals surface area (Å²) in [6.07, 6.45) is 5.45. The van der Waals surface area contributed by atoms with Crippen LogP contribution in [0.25, 0.3) is 5.82 Å². The van der Waals surface area contributed by atoms with Crippen molar-refractivity contribution in [1.82, 2.24) is 14.8 Å². The van der Waals surface area contributed by atoms with Crippen molar-refractivity contribution in [2.24, 2.45) is 5.41 Å². The molecule has 1 aromatic carbocycles. The van der Waals surface area contributed by atoms with Crippen LogP contribution in [0, 0.1) is 5.41 Å². The Labute approximate surface area is 194 Å². The molecule has 1 spiro atoms. The number of carbonyl (C=O) groups excluding carboxylic acids is 1. The van der Waals surface area contributed by atoms with Gasteiger partial charge in [0.25, 0.3) is 5.91 Å². The van der Waals surface area contributed by atoms with Crippen molar-refractivity contribution in [3.8, 4) is 11.6 Å². The highest BCUT2D eigenvalue weighted by Gasteiger charge is 2.49. The average molecular weight is 490 g/mol. The lowest BCUT2D eigenvalue weighted by Gasteiger charge is -2.55. The molecule has 0 bridgehead atoms. The van der Waals surface area contributed by atoms with Crippen LogP contribution in [0.15, 0.2) is 47.8 Å². The normalized spacial score (nSPS) is 16.8. The highest BCUT2D eigenvalue weighted by Crippen LogP contribution is 2.41. The highest BCUT2D eigenvalue weighted by molar-refractivity contribution is 7.90. The maximum Gasteiger partial charge on any atom is 0.258 e. The van der Waals surface area contributed by atoms with Crippen molar-refractivity contribution in [3.05, 3.63) is 53.4 Å². The third-order valence-corrected chi connectivity index (χ3v) is 7.00. The maximum atomic E-state index is 12.6. The van der Waals surface area contributed by atoms with Gasteiger partial charge in [-0.05, 0) is 18.2 Å². The van der Waals surface area contributed by atoms with Crippen molar-refractivity contribution in [1.29, 1.82) is 0 Å². The largest absolute Gasteiger partial charge is 0.504 e. The van der Waals surface area contributed by atoms with E-state index >= 15 is 0 Å². The first-order chi connectivity index (χ1) is 15.6. The number of benzene rings is 1. The summed E-state index contributed by atoms with van der Waals surface area (Å²) in [6.45, 7) is 3.27. The fourth-order valence-electron chi connectivity index (χ4n) is 3.91. The first-order valence-corrected chi connectivity index (χ1v) is 12.3. The second-order valence-corrected chi connectivity index (χ2v) is 10.9. The second-order valence-electron chi connectivity index (χ2n) is 8.46. The monoisotopic (exact) mass is 489 g/mol. The number of anilines is 2. The number of nitrogens with one attached hydrogen (secondary N) is 1. The Kier molecular flexibility index (Phi) is 5.07. The van der Waals surface area contributed by atoms with Crippen molar-refractivity contribution in [2.45, 2.75) is 4.90 Å². The molecule has 1 amide bonds. The number of aromatic hydroxyl groups is 1. The molecule has 2 aromatic heterocycles. The summed E-state index contributed by atoms with van der Waals surface area (Å²) >= 11 is 5.99. The standard InChI is InChI=1S/C21H20ClN5O5S/c1-33(30,31)17-3-14(22)2-15(4-17)25-20(29)13-6-24-27(8-13)19-18(28)5-16(7-23-19)26-9-21(10-26)11-32-12-21/h2-8,28H,9-12H2,1H3,(H,25,29). The van der Waals surface area contributed by atoms with Crippen LogP contribution in [0.4, 0.5) is 11.4 Å². The van der Waals surface area contributed by atoms with Gasteiger partial charge in [-0.1, -0.05) is 11.6 Å². The number of nitrogens with zero attached hydrogens (tertiary/aromatic N) is 4. The molecule has 2 fully saturated rings. The van der Waals surface area contributed by atoms with E-state index in [4.69, 9.17) is 16.3 Å². The molecule has 10 nitrogen and oxygen atoms in total. The molecule has 3 aromatic rings. The molecule has 2 N–H and O–H groups in total. The average Bonchev–Trinajstić information content (AvgIpc) is 3.15. The van der Waals surface area contributed by atoms with E-state index in [9.17, 15) is 18.3 Å². The van der Waals surface area contributed by atoms with Crippen molar-refractivity contribution in [2.75, 3.05) is 42.8 Å². The summed E-state index contributed by atoms with van der Waals surface area (Å²) in [6, 6.07) is 5.70. The first kappa shape index (κ1) is 21.7. The summed E-state index contributed by atoms with van der Waals surface area (Å²) in [5, 5.41) is 17.4. The van der Waals surface area contributed by atoms with Crippen molar-refractivity contribution >= 4 is 38.7 Å². The molecule has 2 aliphatic rings. The zero-order valence-electron chi connectivity index (χ0n) is 17.5. The van der Waals surface area contributed by atoms with Crippen LogP contribution >= 0.6 is 11.6 Å². The topological polar surface area (TPSA) is 127 Å². The number of ether oxygens (including phenoxy) is 1. The van der Waals surface area contributed by atoms with Crippen LogP contribution in [-0.2, 0) is 14.6 Å². The lowest BCUT2D eigenvalue weighted by atomic mass is 9.78. The van der Waals surface area contributed by atoms with Crippen molar-refractivity contribution in [3.63, 3.8) is 0 Å². The van der Waals surface area contributed by atoms with Crippen LogP contribution < -0.4 is 10.2 Å². The fourth-order valence-corrected chi connectivity index (χ4v) is 4.89. The number of amides is 1. The highest BCUT2D eigenvalue weighted by atomic mass is 35.5. The SMILES string of the molecule is CS(=O)(=O)c1cc(Cl)cc(NC(=O)c2cnn(-c3ncc(N4CC5(COC5)C4)cc3O)c2)c1. The van der Waals surface area contributed by atoms with Crippen LogP contribution in [0.5, 0.6) is 5.75 Å². The molecule has 2 aliphatic heterocycles. The summed E-state index contributed by atoms with van der Waals surface area (Å²) in [4.78, 5) is 19.1. The van der Waals surface area contributed by atoms with Crippen LogP contribution in [0.1, 0.15) is 10.4 Å². The first-order valence-electron chi connectivity index (χ1n) is 10.0. The zero-order valence-corrected chi connectivity index (χ0v) is 19.1. The summed E-state index contributed by atoms with van der Waals surface area (Å²) in [5.41, 5.74) is 1.47. The van der Waals surface area contributed by atoms with Gasteiger partial charge in [-0.15, -0.1) is 0 Å². The van der Waals surface area contributed by atoms with Crippen LogP contribution in [-0.4, -0.2) is 66.8 Å². The number of rotatable bonds is 5. The lowest BCUT2D eigenvalue weighted by Crippen LogP contribution is -2.66. The van der Waals surface area contributed by atoms with Gasteiger partial charge in [0, 0.05) is 42.3 Å². The van der Waals surface area contributed by atoms with Gasteiger partial charge >= 0.3 is 0 Å². The number of aromatic nitrogens is 3. The molecule has 12 heteroatoms. The molecular weight excluding hydrogens is 470 g/mol. The van der Waals surface area contributed by atoms with Crippen LogP contribution in [0.2, 0.25) is 5.02 Å². The van der Waals surface area contributed by atoms with Gasteiger partial charge in [-0.2, -0.15) is 5.10 Å². The summed E-state index contributed by atoms with van der Waals surface area (Å²) in [7, 11) is -3.50. The van der Waals surface area contributed by atoms with E-state index in [1.807, 2.05) is 0 Å². The van der Waals surface area contributed by atoms with E-state index in [0.29, 0.717) is 0 Å².